The normalized spacial score (nSPS) is 34.9. The van der Waals surface area contributed by atoms with Crippen LogP contribution in [0, 0.1) is 10.8 Å². The van der Waals surface area contributed by atoms with Crippen LogP contribution in [0.15, 0.2) is 0 Å². The second-order valence-corrected chi connectivity index (χ2v) is 6.18. The average Bonchev–Trinajstić information content (AvgIpc) is 2.73. The third kappa shape index (κ3) is 1.79. The van der Waals surface area contributed by atoms with Crippen molar-refractivity contribution in [3.8, 4) is 0 Å². The smallest absolute Gasteiger partial charge is 0.407 e. The van der Waals surface area contributed by atoms with Crippen LogP contribution in [-0.2, 0) is 4.74 Å². The fourth-order valence-corrected chi connectivity index (χ4v) is 3.33. The topological polar surface area (TPSA) is 49.8 Å². The molecule has 2 rings (SSSR count). The first-order valence-corrected chi connectivity index (χ1v) is 5.95. The predicted octanol–water partition coefficient (Wildman–Crippen LogP) is 2.19. The average molecular weight is 227 g/mol. The van der Waals surface area contributed by atoms with E-state index in [9.17, 15) is 4.79 Å². The van der Waals surface area contributed by atoms with E-state index in [1.165, 1.54) is 4.90 Å². The van der Waals surface area contributed by atoms with Crippen molar-refractivity contribution in [1.82, 2.24) is 4.90 Å². The minimum Gasteiger partial charge on any atom is -0.465 e. The molecular weight excluding hydrogens is 206 g/mol. The first-order valence-electron chi connectivity index (χ1n) is 5.95. The third-order valence-electron chi connectivity index (χ3n) is 3.88. The van der Waals surface area contributed by atoms with Crippen molar-refractivity contribution < 1.29 is 14.6 Å². The predicted molar refractivity (Wildman–Crippen MR) is 60.5 cm³/mol. The highest BCUT2D eigenvalue weighted by atomic mass is 16.5. The summed E-state index contributed by atoms with van der Waals surface area (Å²) < 4.78 is 5.86. The maximum absolute atomic E-state index is 11.0. The summed E-state index contributed by atoms with van der Waals surface area (Å²) in [5.74, 6) is 0. The molecular formula is C12H21NO3. The van der Waals surface area contributed by atoms with E-state index in [0.29, 0.717) is 13.1 Å². The highest BCUT2D eigenvalue weighted by Crippen LogP contribution is 2.49. The Morgan fingerprint density at radius 1 is 1.44 bits per heavy atom. The summed E-state index contributed by atoms with van der Waals surface area (Å²) in [5, 5.41) is 9.03. The van der Waals surface area contributed by atoms with Gasteiger partial charge in [-0.3, -0.25) is 0 Å². The molecule has 2 unspecified atom stereocenters. The second-order valence-electron chi connectivity index (χ2n) is 6.18. The lowest BCUT2D eigenvalue weighted by atomic mass is 9.70. The Balaban J connectivity index is 2.17. The SMILES string of the molecule is CC(C)(C)C1OCCC12CCN(C(=O)O)C2. The number of likely N-dealkylation sites (tertiary alicyclic amines) is 1. The van der Waals surface area contributed by atoms with E-state index in [4.69, 9.17) is 9.84 Å². The van der Waals surface area contributed by atoms with E-state index in [-0.39, 0.29) is 16.9 Å². The van der Waals surface area contributed by atoms with Gasteiger partial charge in [0.25, 0.3) is 0 Å². The van der Waals surface area contributed by atoms with Gasteiger partial charge in [-0.05, 0) is 18.3 Å². The molecule has 2 saturated heterocycles. The van der Waals surface area contributed by atoms with Crippen LogP contribution in [0.3, 0.4) is 0 Å². The number of rotatable bonds is 0. The molecule has 2 aliphatic heterocycles. The van der Waals surface area contributed by atoms with Gasteiger partial charge in [-0.1, -0.05) is 20.8 Å². The summed E-state index contributed by atoms with van der Waals surface area (Å²) >= 11 is 0. The number of amides is 1. The maximum atomic E-state index is 11.0. The molecule has 2 aliphatic rings. The summed E-state index contributed by atoms with van der Waals surface area (Å²) in [4.78, 5) is 12.5. The minimum atomic E-state index is -0.795. The Labute approximate surface area is 96.6 Å². The second kappa shape index (κ2) is 3.62. The van der Waals surface area contributed by atoms with Crippen LogP contribution in [0.25, 0.3) is 0 Å². The summed E-state index contributed by atoms with van der Waals surface area (Å²) in [6, 6.07) is 0. The quantitative estimate of drug-likeness (QED) is 0.690. The zero-order valence-electron chi connectivity index (χ0n) is 10.3. The molecule has 0 bridgehead atoms. The largest absolute Gasteiger partial charge is 0.465 e. The van der Waals surface area contributed by atoms with E-state index < -0.39 is 6.09 Å². The summed E-state index contributed by atoms with van der Waals surface area (Å²) in [6.07, 6.45) is 1.33. The molecule has 1 spiro atoms. The molecule has 0 aromatic carbocycles. The van der Waals surface area contributed by atoms with Crippen LogP contribution in [0.1, 0.15) is 33.6 Å². The molecule has 4 nitrogen and oxygen atoms in total. The number of hydrogen-bond acceptors (Lipinski definition) is 2. The van der Waals surface area contributed by atoms with Crippen molar-refractivity contribution in [2.75, 3.05) is 19.7 Å². The van der Waals surface area contributed by atoms with Crippen molar-refractivity contribution >= 4 is 6.09 Å². The van der Waals surface area contributed by atoms with Gasteiger partial charge in [0.05, 0.1) is 6.10 Å². The number of hydrogen-bond donors (Lipinski definition) is 1. The zero-order valence-corrected chi connectivity index (χ0v) is 10.3. The summed E-state index contributed by atoms with van der Waals surface area (Å²) in [7, 11) is 0. The molecule has 2 atom stereocenters. The van der Waals surface area contributed by atoms with Gasteiger partial charge in [0.2, 0.25) is 0 Å². The van der Waals surface area contributed by atoms with Gasteiger partial charge in [0, 0.05) is 25.1 Å². The minimum absolute atomic E-state index is 0.0661. The fraction of sp³-hybridized carbons (Fsp3) is 0.917. The Bertz CT molecular complexity index is 297. The highest BCUT2D eigenvalue weighted by molar-refractivity contribution is 5.65. The van der Waals surface area contributed by atoms with Crippen molar-refractivity contribution in [1.29, 1.82) is 0 Å². The lowest BCUT2D eigenvalue weighted by molar-refractivity contribution is -0.0267. The zero-order chi connectivity index (χ0) is 12.0. The molecule has 1 N–H and O–H groups in total. The lowest BCUT2D eigenvalue weighted by Gasteiger charge is -2.38. The molecule has 1 amide bonds. The Kier molecular flexibility index (Phi) is 2.65. The van der Waals surface area contributed by atoms with Gasteiger partial charge in [0.1, 0.15) is 0 Å². The molecule has 0 saturated carbocycles. The lowest BCUT2D eigenvalue weighted by Crippen LogP contribution is -2.43. The van der Waals surface area contributed by atoms with Gasteiger partial charge in [-0.2, -0.15) is 0 Å². The van der Waals surface area contributed by atoms with E-state index >= 15 is 0 Å². The molecule has 92 valence electrons. The summed E-state index contributed by atoms with van der Waals surface area (Å²) in [5.41, 5.74) is 0.154. The van der Waals surface area contributed by atoms with Crippen LogP contribution in [0.2, 0.25) is 0 Å². The van der Waals surface area contributed by atoms with Gasteiger partial charge in [-0.15, -0.1) is 0 Å². The molecule has 16 heavy (non-hydrogen) atoms. The molecule has 0 aliphatic carbocycles. The monoisotopic (exact) mass is 227 g/mol. The van der Waals surface area contributed by atoms with Crippen molar-refractivity contribution in [3.63, 3.8) is 0 Å². The Morgan fingerprint density at radius 3 is 2.62 bits per heavy atom. The van der Waals surface area contributed by atoms with Gasteiger partial charge < -0.3 is 14.7 Å². The van der Waals surface area contributed by atoms with Crippen molar-refractivity contribution in [2.24, 2.45) is 10.8 Å². The third-order valence-corrected chi connectivity index (χ3v) is 3.88. The fourth-order valence-electron chi connectivity index (χ4n) is 3.33. The first-order chi connectivity index (χ1) is 7.35. The molecule has 0 radical (unpaired) electrons. The van der Waals surface area contributed by atoms with Crippen molar-refractivity contribution in [2.45, 2.75) is 39.7 Å². The van der Waals surface area contributed by atoms with Gasteiger partial charge in [-0.25, -0.2) is 4.79 Å². The molecule has 0 aromatic heterocycles. The maximum Gasteiger partial charge on any atom is 0.407 e. The van der Waals surface area contributed by atoms with E-state index in [1.54, 1.807) is 0 Å². The molecule has 4 heteroatoms. The Morgan fingerprint density at radius 2 is 2.12 bits per heavy atom. The van der Waals surface area contributed by atoms with E-state index in [2.05, 4.69) is 20.8 Å². The van der Waals surface area contributed by atoms with Crippen molar-refractivity contribution in [3.05, 3.63) is 0 Å². The first kappa shape index (κ1) is 11.7. The van der Waals surface area contributed by atoms with Gasteiger partial charge in [0.15, 0.2) is 0 Å². The Hall–Kier alpha value is -0.770. The number of ether oxygens (including phenoxy) is 1. The van der Waals surface area contributed by atoms with E-state index in [1.807, 2.05) is 0 Å². The van der Waals surface area contributed by atoms with Gasteiger partial charge >= 0.3 is 6.09 Å². The number of nitrogens with zero attached hydrogens (tertiary/aromatic N) is 1. The number of carboxylic acid groups (broad SMARTS) is 1. The molecule has 2 fully saturated rings. The van der Waals surface area contributed by atoms with Crippen LogP contribution in [0.4, 0.5) is 4.79 Å². The number of carbonyl (C=O) groups is 1. The highest BCUT2D eigenvalue weighted by Gasteiger charge is 2.53. The van der Waals surface area contributed by atoms with Crippen LogP contribution < -0.4 is 0 Å². The standard InChI is InChI=1S/C12H21NO3/c1-11(2,3)9-12(5-7-16-9)4-6-13(8-12)10(14)15/h9H,4-8H2,1-3H3,(H,14,15). The van der Waals surface area contributed by atoms with E-state index in [0.717, 1.165) is 19.4 Å². The molecule has 0 aromatic rings. The molecule has 2 heterocycles. The van der Waals surface area contributed by atoms with Crippen LogP contribution >= 0.6 is 0 Å². The van der Waals surface area contributed by atoms with Crippen LogP contribution in [-0.4, -0.2) is 41.9 Å². The van der Waals surface area contributed by atoms with Crippen LogP contribution in [0.5, 0.6) is 0 Å². The summed E-state index contributed by atoms with van der Waals surface area (Å²) in [6.45, 7) is 8.60.